The third-order valence-electron chi connectivity index (χ3n) is 6.63. The van der Waals surface area contributed by atoms with Crippen LogP contribution >= 0.6 is 34.0 Å². The molecule has 0 amide bonds. The highest BCUT2D eigenvalue weighted by atomic mass is 32.1. The summed E-state index contributed by atoms with van der Waals surface area (Å²) in [5, 5.41) is 17.2. The van der Waals surface area contributed by atoms with Gasteiger partial charge in [0, 0.05) is 132 Å². The zero-order valence-electron chi connectivity index (χ0n) is 98.8. The zero-order chi connectivity index (χ0) is 110. The molecule has 0 aliphatic carbocycles. The number of oxazole rings is 1. The molecular formula is C127H248N12O3S3. The molecule has 13 aromatic heterocycles. The molecule has 0 aromatic carbocycles. The highest BCUT2D eigenvalue weighted by Gasteiger charge is 2.02. The molecule has 0 saturated carbocycles. The maximum absolute atomic E-state index is 4.58. The van der Waals surface area contributed by atoms with E-state index in [1.54, 1.807) is 151 Å². The minimum Gasteiger partial charge on any atom is -0.473 e. The van der Waals surface area contributed by atoms with Crippen molar-refractivity contribution in [2.75, 3.05) is 0 Å². The summed E-state index contributed by atoms with van der Waals surface area (Å²) in [7, 11) is 5.94. The maximum atomic E-state index is 4.58. The standard InChI is InChI=1S/2C5H7N.2C5H5N.13C5H12.C4H6N2.2C4H4N2.2C4H4O.2C4H4S.C3H3NO.C3H3NS.8CH4/c2*1-6-4-2-3-5-6;2*1-2-4-6-5-3-1;13*1-5(2,3)4;1-6-3-2-5-4-6;1-2-6-4-3-5-1;1-2-4-6-5-3-1;4*1-2-4-5-3-1;2*1-2-5-3-4-1;;;;;;;;/h2*2-5H,1H3;2*1-5H;13*1-4H3;2-4H,1H3;2*1-4H;4*1-4H;2*1-3H;8*1H4. The fraction of sp³-hybridized carbons (Fsp3) is 0.598. The van der Waals surface area contributed by atoms with Crippen LogP contribution in [-0.2, 0) is 21.1 Å². The number of aryl methyl sites for hydroxylation is 3. The summed E-state index contributed by atoms with van der Waals surface area (Å²) in [6.07, 6.45) is 43.0. The van der Waals surface area contributed by atoms with E-state index in [0.29, 0.717) is 70.4 Å². The summed E-state index contributed by atoms with van der Waals surface area (Å²) < 4.78 is 19.5. The molecule has 0 bridgehead atoms. The van der Waals surface area contributed by atoms with Crippen LogP contribution in [0.25, 0.3) is 0 Å². The number of rotatable bonds is 0. The van der Waals surface area contributed by atoms with Crippen molar-refractivity contribution in [2.45, 2.75) is 419 Å². The molecule has 0 spiro atoms. The van der Waals surface area contributed by atoms with Crippen molar-refractivity contribution >= 4 is 34.0 Å². The van der Waals surface area contributed by atoms with Crippen LogP contribution < -0.4 is 0 Å². The van der Waals surface area contributed by atoms with E-state index in [1.165, 1.54) is 12.7 Å². The van der Waals surface area contributed by atoms with Crippen LogP contribution in [-0.4, -0.2) is 58.8 Å². The second-order valence-corrected chi connectivity index (χ2v) is 53.7. The number of imidazole rings is 1. The van der Waals surface area contributed by atoms with Crippen LogP contribution in [0.4, 0.5) is 0 Å². The van der Waals surface area contributed by atoms with Gasteiger partial charge in [-0.05, 0) is 177 Å². The average Bonchev–Trinajstić information content (AvgIpc) is 1.91. The van der Waals surface area contributed by atoms with E-state index in [-0.39, 0.29) is 59.4 Å². The largest absolute Gasteiger partial charge is 0.473 e. The Labute approximate surface area is 920 Å². The molecule has 13 rings (SSSR count). The van der Waals surface area contributed by atoms with Crippen molar-refractivity contribution in [3.8, 4) is 0 Å². The maximum Gasteiger partial charge on any atom is 0.180 e. The summed E-state index contributed by atoms with van der Waals surface area (Å²) in [5.74, 6) is 0. The number of furan rings is 2. The van der Waals surface area contributed by atoms with Gasteiger partial charge in [0.25, 0.3) is 0 Å². The fourth-order valence-electron chi connectivity index (χ4n) is 3.56. The molecule has 18 heteroatoms. The van der Waals surface area contributed by atoms with E-state index in [9.17, 15) is 0 Å². The highest BCUT2D eigenvalue weighted by Crippen LogP contribution is 2.14. The lowest BCUT2D eigenvalue weighted by molar-refractivity contribution is 0.469. The summed E-state index contributed by atoms with van der Waals surface area (Å²) in [6, 6.07) is 38.5. The molecule has 0 atom stereocenters. The molecule has 13 heterocycles. The second-order valence-electron chi connectivity index (χ2n) is 51.3. The van der Waals surface area contributed by atoms with E-state index < -0.39 is 0 Å². The quantitative estimate of drug-likeness (QED) is 0.141. The molecule has 13 aromatic rings. The van der Waals surface area contributed by atoms with Gasteiger partial charge in [0.1, 0.15) is 6.26 Å². The molecule has 0 fully saturated rings. The Hall–Kier alpha value is -8.97. The number of pyridine rings is 2. The lowest BCUT2D eigenvalue weighted by Crippen LogP contribution is -1.93. The van der Waals surface area contributed by atoms with Crippen molar-refractivity contribution in [3.05, 3.63) is 309 Å². The first-order valence-electron chi connectivity index (χ1n) is 47.4. The van der Waals surface area contributed by atoms with E-state index in [4.69, 9.17) is 0 Å². The van der Waals surface area contributed by atoms with Crippen molar-refractivity contribution < 1.29 is 13.3 Å². The molecule has 0 unspecified atom stereocenters. The van der Waals surface area contributed by atoms with E-state index in [0.717, 1.165) is 0 Å². The fourth-order valence-corrected chi connectivity index (χ4v) is 4.82. The highest BCUT2D eigenvalue weighted by molar-refractivity contribution is 7.08. The van der Waals surface area contributed by atoms with Gasteiger partial charge in [-0.15, -0.1) is 11.3 Å². The molecule has 0 aliphatic rings. The number of hydrogen-bond acceptors (Lipinski definition) is 15. The summed E-state index contributed by atoms with van der Waals surface area (Å²) in [5.41, 5.74) is 8.29. The number of hydrogen-bond donors (Lipinski definition) is 0. The van der Waals surface area contributed by atoms with Gasteiger partial charge in [-0.1, -0.05) is 456 Å². The van der Waals surface area contributed by atoms with Gasteiger partial charge < -0.3 is 27.0 Å². The predicted octanol–water partition coefficient (Wildman–Crippen LogP) is 45.2. The van der Waals surface area contributed by atoms with E-state index >= 15 is 0 Å². The Kier molecular flexibility index (Phi) is 151. The van der Waals surface area contributed by atoms with Gasteiger partial charge in [-0.2, -0.15) is 32.9 Å². The zero-order valence-corrected chi connectivity index (χ0v) is 101. The third kappa shape index (κ3) is 548. The molecule has 0 radical (unpaired) electrons. The van der Waals surface area contributed by atoms with Crippen LogP contribution in [0.1, 0.15) is 419 Å². The monoisotopic (exact) mass is 2090 g/mol. The van der Waals surface area contributed by atoms with Gasteiger partial charge in [0.15, 0.2) is 6.39 Å². The predicted molar refractivity (Wildman–Crippen MR) is 672 cm³/mol. The van der Waals surface area contributed by atoms with Crippen molar-refractivity contribution in [1.29, 1.82) is 0 Å². The van der Waals surface area contributed by atoms with Gasteiger partial charge in [0.05, 0.1) is 43.1 Å². The van der Waals surface area contributed by atoms with Gasteiger partial charge in [0.2, 0.25) is 0 Å². The Morgan fingerprint density at radius 2 is 0.379 bits per heavy atom. The second kappa shape index (κ2) is 117. The van der Waals surface area contributed by atoms with Crippen molar-refractivity contribution in [2.24, 2.45) is 91.5 Å². The van der Waals surface area contributed by atoms with Crippen LogP contribution in [0.2, 0.25) is 0 Å². The normalized spacial score (nSPS) is 9.46. The molecule has 0 aliphatic heterocycles. The molecule has 15 nitrogen and oxygen atoms in total. The summed E-state index contributed by atoms with van der Waals surface area (Å²) in [6.45, 7) is 114. The van der Waals surface area contributed by atoms with E-state index in [1.807, 2.05) is 214 Å². The topological polar surface area (TPSA) is 170 Å². The van der Waals surface area contributed by atoms with Crippen LogP contribution in [0.15, 0.2) is 323 Å². The Morgan fingerprint density at radius 3 is 0.441 bits per heavy atom. The molecule has 0 N–H and O–H groups in total. The smallest absolute Gasteiger partial charge is 0.180 e. The van der Waals surface area contributed by atoms with Crippen molar-refractivity contribution in [3.63, 3.8) is 0 Å². The number of thiophene rings is 2. The van der Waals surface area contributed by atoms with Crippen LogP contribution in [0, 0.1) is 70.4 Å². The number of nitrogens with zero attached hydrogens (tertiary/aromatic N) is 12. The van der Waals surface area contributed by atoms with Gasteiger partial charge in [-0.3, -0.25) is 24.9 Å². The minimum atomic E-state index is 0. The Balaban J connectivity index is -0.0000000579. The third-order valence-corrected chi connectivity index (χ3v) is 8.41. The Morgan fingerprint density at radius 1 is 0.166 bits per heavy atom. The van der Waals surface area contributed by atoms with E-state index in [2.05, 4.69) is 418 Å². The van der Waals surface area contributed by atoms with Gasteiger partial charge >= 0.3 is 0 Å². The SMILES string of the molecule is C.C.C.C.C.C.C.C.CC(C)(C)C.CC(C)(C)C.CC(C)(C)C.CC(C)(C)C.CC(C)(C)C.CC(C)(C)C.CC(C)(C)C.CC(C)(C)C.CC(C)(C)C.CC(C)(C)C.CC(C)(C)C.CC(C)(C)C.CC(C)(C)C.Cn1cccc1.Cn1cccc1.Cn1ccnc1.c1ccncc1.c1ccncc1.c1ccnnc1.c1ccoc1.c1ccoc1.c1ccsc1.c1ccsc1.c1cnccn1.c1cocn1.c1cscn1. The molecule has 0 saturated heterocycles. The number of thiazole rings is 1. The van der Waals surface area contributed by atoms with Crippen LogP contribution in [0.5, 0.6) is 0 Å². The summed E-state index contributed by atoms with van der Waals surface area (Å²) >= 11 is 5.03. The molecular weight excluding hydrogens is 1840 g/mol. The first-order chi connectivity index (χ1) is 61.7. The lowest BCUT2D eigenvalue weighted by Gasteiger charge is -2.05. The first-order valence-corrected chi connectivity index (χ1v) is 50.2. The Bertz CT molecular complexity index is 2990. The molecule has 145 heavy (non-hydrogen) atoms. The molecule has 852 valence electrons. The van der Waals surface area contributed by atoms with Crippen LogP contribution in [0.3, 0.4) is 0 Å². The minimum absolute atomic E-state index is 0. The van der Waals surface area contributed by atoms with Crippen molar-refractivity contribution in [1.82, 2.24) is 58.8 Å². The summed E-state index contributed by atoms with van der Waals surface area (Å²) in [4.78, 5) is 26.1. The van der Waals surface area contributed by atoms with Gasteiger partial charge in [-0.25, -0.2) is 9.97 Å². The average molecular weight is 2090 g/mol. The number of aromatic nitrogens is 12. The lowest BCUT2D eigenvalue weighted by atomic mass is 10.0. The first kappa shape index (κ1) is 187.